The molecular weight excluding hydrogens is 340 g/mol. The minimum absolute atomic E-state index is 0.0704. The van der Waals surface area contributed by atoms with Crippen LogP contribution in [0.3, 0.4) is 0 Å². The van der Waals surface area contributed by atoms with Gasteiger partial charge in [0.25, 0.3) is 5.91 Å². The molecule has 1 aromatic rings. The molecule has 2 aliphatic rings. The lowest BCUT2D eigenvalue weighted by Crippen LogP contribution is -2.38. The average molecular weight is 358 g/mol. The number of likely N-dealkylation sites (tertiary alicyclic amines) is 1. The highest BCUT2D eigenvalue weighted by Crippen LogP contribution is 2.36. The van der Waals surface area contributed by atoms with Crippen LogP contribution in [0.15, 0.2) is 22.7 Å². The molecule has 1 aliphatic heterocycles. The van der Waals surface area contributed by atoms with E-state index in [4.69, 9.17) is 17.3 Å². The molecule has 1 aliphatic carbocycles. The summed E-state index contributed by atoms with van der Waals surface area (Å²) >= 11 is 9.42. The largest absolute Gasteiger partial charge is 0.338 e. The second-order valence-corrected chi connectivity index (χ2v) is 7.12. The Bertz CT molecular complexity index is 537. The zero-order valence-electron chi connectivity index (χ0n) is 11.2. The van der Waals surface area contributed by atoms with E-state index in [1.54, 1.807) is 6.07 Å². The van der Waals surface area contributed by atoms with Crippen LogP contribution in [0.25, 0.3) is 0 Å². The normalized spacial score (nSPS) is 29.4. The number of carbonyl (C=O) groups is 1. The van der Waals surface area contributed by atoms with E-state index in [0.29, 0.717) is 22.4 Å². The number of fused-ring (bicyclic) bond motifs is 1. The Morgan fingerprint density at radius 2 is 2.15 bits per heavy atom. The first kappa shape index (κ1) is 14.4. The van der Waals surface area contributed by atoms with Gasteiger partial charge < -0.3 is 10.6 Å². The zero-order valence-corrected chi connectivity index (χ0v) is 13.5. The van der Waals surface area contributed by atoms with E-state index in [-0.39, 0.29) is 11.9 Å². The SMILES string of the molecule is NC1CCCC2CN(C(=O)c3ccc(Br)c(Cl)c3)CC12. The van der Waals surface area contributed by atoms with E-state index in [1.807, 2.05) is 17.0 Å². The molecule has 3 rings (SSSR count). The third-order valence-electron chi connectivity index (χ3n) is 4.61. The molecule has 0 aromatic heterocycles. The number of hydrogen-bond donors (Lipinski definition) is 1. The van der Waals surface area contributed by atoms with Crippen molar-refractivity contribution in [3.05, 3.63) is 33.3 Å². The average Bonchev–Trinajstić information content (AvgIpc) is 2.86. The molecular formula is C15H18BrClN2O. The fraction of sp³-hybridized carbons (Fsp3) is 0.533. The van der Waals surface area contributed by atoms with Crippen molar-refractivity contribution in [1.82, 2.24) is 4.90 Å². The Balaban J connectivity index is 1.76. The van der Waals surface area contributed by atoms with Gasteiger partial charge in [0.2, 0.25) is 0 Å². The molecule has 0 spiro atoms. The van der Waals surface area contributed by atoms with Gasteiger partial charge in [0.15, 0.2) is 0 Å². The number of halogens is 2. The molecule has 2 fully saturated rings. The van der Waals surface area contributed by atoms with Crippen molar-refractivity contribution >= 4 is 33.4 Å². The summed E-state index contributed by atoms with van der Waals surface area (Å²) in [6.45, 7) is 1.63. The topological polar surface area (TPSA) is 46.3 Å². The number of rotatable bonds is 1. The molecule has 3 unspecified atom stereocenters. The van der Waals surface area contributed by atoms with Crippen LogP contribution in [0.4, 0.5) is 0 Å². The van der Waals surface area contributed by atoms with E-state index >= 15 is 0 Å². The lowest BCUT2D eigenvalue weighted by Gasteiger charge is -2.29. The van der Waals surface area contributed by atoms with Gasteiger partial charge in [-0.15, -0.1) is 0 Å². The molecule has 108 valence electrons. The van der Waals surface area contributed by atoms with Crippen LogP contribution in [0, 0.1) is 11.8 Å². The summed E-state index contributed by atoms with van der Waals surface area (Å²) in [6, 6.07) is 5.63. The van der Waals surface area contributed by atoms with Crippen LogP contribution in [0.2, 0.25) is 5.02 Å². The van der Waals surface area contributed by atoms with Gasteiger partial charge in [-0.25, -0.2) is 0 Å². The third kappa shape index (κ3) is 2.61. The second-order valence-electron chi connectivity index (χ2n) is 5.86. The number of nitrogens with zero attached hydrogens (tertiary/aromatic N) is 1. The number of carbonyl (C=O) groups excluding carboxylic acids is 1. The van der Waals surface area contributed by atoms with Gasteiger partial charge >= 0.3 is 0 Å². The van der Waals surface area contributed by atoms with Crippen molar-refractivity contribution in [2.75, 3.05) is 13.1 Å². The monoisotopic (exact) mass is 356 g/mol. The van der Waals surface area contributed by atoms with E-state index in [9.17, 15) is 4.79 Å². The fourth-order valence-electron chi connectivity index (χ4n) is 3.49. The highest BCUT2D eigenvalue weighted by atomic mass is 79.9. The number of benzene rings is 1. The lowest BCUT2D eigenvalue weighted by atomic mass is 9.78. The molecule has 20 heavy (non-hydrogen) atoms. The number of nitrogens with two attached hydrogens (primary N) is 1. The maximum absolute atomic E-state index is 12.6. The quantitative estimate of drug-likeness (QED) is 0.838. The highest BCUT2D eigenvalue weighted by Gasteiger charge is 2.40. The predicted molar refractivity (Wildman–Crippen MR) is 83.9 cm³/mol. The minimum Gasteiger partial charge on any atom is -0.338 e. The Labute approximate surface area is 132 Å². The van der Waals surface area contributed by atoms with E-state index in [1.165, 1.54) is 12.8 Å². The summed E-state index contributed by atoms with van der Waals surface area (Å²) in [4.78, 5) is 14.5. The molecule has 1 aromatic carbocycles. The van der Waals surface area contributed by atoms with Gasteiger partial charge in [-0.1, -0.05) is 18.0 Å². The van der Waals surface area contributed by atoms with Crippen molar-refractivity contribution in [2.24, 2.45) is 17.6 Å². The van der Waals surface area contributed by atoms with Gasteiger partial charge in [-0.3, -0.25) is 4.79 Å². The lowest BCUT2D eigenvalue weighted by molar-refractivity contribution is 0.0783. The molecule has 5 heteroatoms. The molecule has 1 amide bonds. The van der Waals surface area contributed by atoms with Crippen molar-refractivity contribution in [3.8, 4) is 0 Å². The van der Waals surface area contributed by atoms with Crippen LogP contribution in [-0.4, -0.2) is 29.9 Å². The molecule has 1 heterocycles. The zero-order chi connectivity index (χ0) is 14.3. The van der Waals surface area contributed by atoms with Crippen LogP contribution in [0.1, 0.15) is 29.6 Å². The second kappa shape index (κ2) is 5.66. The van der Waals surface area contributed by atoms with E-state index in [2.05, 4.69) is 15.9 Å². The smallest absolute Gasteiger partial charge is 0.253 e. The third-order valence-corrected chi connectivity index (χ3v) is 5.84. The number of hydrogen-bond acceptors (Lipinski definition) is 2. The van der Waals surface area contributed by atoms with Gasteiger partial charge in [-0.2, -0.15) is 0 Å². The summed E-state index contributed by atoms with van der Waals surface area (Å²) in [6.07, 6.45) is 3.48. The molecule has 3 nitrogen and oxygen atoms in total. The Morgan fingerprint density at radius 1 is 1.35 bits per heavy atom. The summed E-state index contributed by atoms with van der Waals surface area (Å²) in [5.41, 5.74) is 6.86. The first-order valence-electron chi connectivity index (χ1n) is 7.06. The van der Waals surface area contributed by atoms with Crippen molar-refractivity contribution in [1.29, 1.82) is 0 Å². The van der Waals surface area contributed by atoms with Crippen LogP contribution >= 0.6 is 27.5 Å². The van der Waals surface area contributed by atoms with E-state index in [0.717, 1.165) is 24.0 Å². The molecule has 1 saturated heterocycles. The van der Waals surface area contributed by atoms with Gasteiger partial charge in [0, 0.05) is 29.2 Å². The summed E-state index contributed by atoms with van der Waals surface area (Å²) in [5.74, 6) is 1.12. The van der Waals surface area contributed by atoms with Gasteiger partial charge in [-0.05, 0) is 58.8 Å². The molecule has 1 saturated carbocycles. The Morgan fingerprint density at radius 3 is 2.85 bits per heavy atom. The Hall–Kier alpha value is -0.580. The van der Waals surface area contributed by atoms with Crippen LogP contribution in [0.5, 0.6) is 0 Å². The van der Waals surface area contributed by atoms with Gasteiger partial charge in [0.1, 0.15) is 0 Å². The highest BCUT2D eigenvalue weighted by molar-refractivity contribution is 9.10. The molecule has 3 atom stereocenters. The van der Waals surface area contributed by atoms with E-state index < -0.39 is 0 Å². The van der Waals surface area contributed by atoms with Crippen molar-refractivity contribution < 1.29 is 4.79 Å². The van der Waals surface area contributed by atoms with Gasteiger partial charge in [0.05, 0.1) is 5.02 Å². The predicted octanol–water partition coefficient (Wildman–Crippen LogP) is 3.30. The summed E-state index contributed by atoms with van der Waals surface area (Å²) in [7, 11) is 0. The van der Waals surface area contributed by atoms with Crippen molar-refractivity contribution in [2.45, 2.75) is 25.3 Å². The summed E-state index contributed by atoms with van der Waals surface area (Å²) in [5, 5.41) is 0.573. The fourth-order valence-corrected chi connectivity index (χ4v) is 3.92. The number of amides is 1. The van der Waals surface area contributed by atoms with Crippen molar-refractivity contribution in [3.63, 3.8) is 0 Å². The first-order chi connectivity index (χ1) is 9.56. The standard InChI is InChI=1S/C15H18BrClN2O/c16-12-5-4-9(6-13(12)17)15(20)19-7-10-2-1-3-14(18)11(10)8-19/h4-6,10-11,14H,1-3,7-8,18H2. The molecule has 2 N–H and O–H groups in total. The maximum atomic E-state index is 12.6. The molecule has 0 bridgehead atoms. The maximum Gasteiger partial charge on any atom is 0.253 e. The summed E-state index contributed by atoms with van der Waals surface area (Å²) < 4.78 is 0.813. The van der Waals surface area contributed by atoms with Crippen LogP contribution < -0.4 is 5.73 Å². The Kier molecular flexibility index (Phi) is 4.07. The van der Waals surface area contributed by atoms with Crippen LogP contribution in [-0.2, 0) is 0 Å². The molecule has 0 radical (unpaired) electrons. The minimum atomic E-state index is 0.0704. The first-order valence-corrected chi connectivity index (χ1v) is 8.23.